The smallest absolute Gasteiger partial charge is 0.348 e. The number of H-pyrrole nitrogens is 1. The predicted molar refractivity (Wildman–Crippen MR) is 113 cm³/mol. The molecule has 0 aliphatic heterocycles. The number of benzene rings is 2. The number of ketones is 2. The van der Waals surface area contributed by atoms with Crippen molar-refractivity contribution in [2.45, 2.75) is 6.92 Å². The molecule has 0 aliphatic carbocycles. The molecule has 2 heterocycles. The van der Waals surface area contributed by atoms with Gasteiger partial charge in [0.2, 0.25) is 5.78 Å². The van der Waals surface area contributed by atoms with Gasteiger partial charge in [-0.2, -0.15) is 0 Å². The first-order valence-corrected chi connectivity index (χ1v) is 9.83. The van der Waals surface area contributed by atoms with Crippen LogP contribution in [0.25, 0.3) is 22.2 Å². The molecule has 0 amide bonds. The minimum absolute atomic E-state index is 0.114. The van der Waals surface area contributed by atoms with Crippen molar-refractivity contribution in [1.82, 2.24) is 4.98 Å². The van der Waals surface area contributed by atoms with E-state index >= 15 is 0 Å². The van der Waals surface area contributed by atoms with Gasteiger partial charge in [-0.05, 0) is 30.7 Å². The lowest BCUT2D eigenvalue weighted by Crippen LogP contribution is -2.14. The molecule has 0 saturated carbocycles. The van der Waals surface area contributed by atoms with E-state index in [2.05, 4.69) is 4.98 Å². The molecule has 0 bridgehead atoms. The number of rotatable bonds is 6. The van der Waals surface area contributed by atoms with Crippen LogP contribution in [0.2, 0.25) is 0 Å². The van der Waals surface area contributed by atoms with Gasteiger partial charge in [0.1, 0.15) is 4.88 Å². The fourth-order valence-electron chi connectivity index (χ4n) is 3.16. The van der Waals surface area contributed by atoms with Crippen molar-refractivity contribution < 1.29 is 19.1 Å². The van der Waals surface area contributed by atoms with Crippen LogP contribution in [-0.4, -0.2) is 29.1 Å². The highest BCUT2D eigenvalue weighted by Crippen LogP contribution is 2.30. The van der Waals surface area contributed by atoms with Crippen molar-refractivity contribution in [1.29, 1.82) is 0 Å². The van der Waals surface area contributed by atoms with Crippen LogP contribution in [0.4, 0.5) is 0 Å². The number of aromatic amines is 1. The Hall–Kier alpha value is -3.51. The van der Waals surface area contributed by atoms with Crippen LogP contribution in [0, 0.1) is 0 Å². The van der Waals surface area contributed by atoms with Crippen LogP contribution in [0.3, 0.4) is 0 Å². The van der Waals surface area contributed by atoms with Gasteiger partial charge in [-0.3, -0.25) is 9.59 Å². The number of ether oxygens (including phenoxy) is 1. The summed E-state index contributed by atoms with van der Waals surface area (Å²) in [5.74, 6) is -1.02. The van der Waals surface area contributed by atoms with Crippen molar-refractivity contribution >= 4 is 39.8 Å². The normalized spacial score (nSPS) is 10.8. The number of carbonyl (C=O) groups is 3. The van der Waals surface area contributed by atoms with Gasteiger partial charge in [0, 0.05) is 10.9 Å². The van der Waals surface area contributed by atoms with Crippen LogP contribution in [0.5, 0.6) is 0 Å². The Morgan fingerprint density at radius 3 is 2.31 bits per heavy atom. The summed E-state index contributed by atoms with van der Waals surface area (Å²) in [6.07, 6.45) is 0. The highest BCUT2D eigenvalue weighted by molar-refractivity contribution is 7.15. The van der Waals surface area contributed by atoms with E-state index in [1.54, 1.807) is 6.07 Å². The molecule has 0 atom stereocenters. The van der Waals surface area contributed by atoms with Crippen LogP contribution >= 0.6 is 11.3 Å². The van der Waals surface area contributed by atoms with Crippen molar-refractivity contribution in [2.24, 2.45) is 0 Å². The van der Waals surface area contributed by atoms with Gasteiger partial charge < -0.3 is 9.72 Å². The molecule has 4 rings (SSSR count). The van der Waals surface area contributed by atoms with E-state index in [-0.39, 0.29) is 18.2 Å². The summed E-state index contributed by atoms with van der Waals surface area (Å²) >= 11 is 1.06. The SMILES string of the molecule is CC(=O)c1ccc(C(=O)OCC(=O)c2c(-c3ccccc3)[nH]c3ccccc23)s1. The van der Waals surface area contributed by atoms with E-state index in [1.807, 2.05) is 54.6 Å². The van der Waals surface area contributed by atoms with E-state index in [0.29, 0.717) is 21.0 Å². The molecule has 6 heteroatoms. The van der Waals surface area contributed by atoms with Crippen molar-refractivity contribution in [2.75, 3.05) is 6.61 Å². The summed E-state index contributed by atoms with van der Waals surface area (Å²) < 4.78 is 5.24. The second kappa shape index (κ2) is 7.85. The molecule has 0 spiro atoms. The average Bonchev–Trinajstić information content (AvgIpc) is 3.38. The lowest BCUT2D eigenvalue weighted by atomic mass is 10.0. The Bertz CT molecular complexity index is 1220. The second-order valence-electron chi connectivity index (χ2n) is 6.51. The van der Waals surface area contributed by atoms with Crippen LogP contribution in [0.15, 0.2) is 66.7 Å². The topological polar surface area (TPSA) is 76.2 Å². The lowest BCUT2D eigenvalue weighted by molar-refractivity contribution is 0.0480. The molecule has 29 heavy (non-hydrogen) atoms. The number of thiophene rings is 1. The van der Waals surface area contributed by atoms with Gasteiger partial charge in [0.15, 0.2) is 12.4 Å². The first-order valence-electron chi connectivity index (χ1n) is 9.02. The van der Waals surface area contributed by atoms with E-state index in [4.69, 9.17) is 4.74 Å². The van der Waals surface area contributed by atoms with Gasteiger partial charge in [-0.25, -0.2) is 4.79 Å². The highest BCUT2D eigenvalue weighted by Gasteiger charge is 2.21. The Balaban J connectivity index is 1.61. The first-order chi connectivity index (χ1) is 14.0. The Kier molecular flexibility index (Phi) is 5.10. The van der Waals surface area contributed by atoms with Gasteiger partial charge >= 0.3 is 5.97 Å². The molecular formula is C23H17NO4S. The monoisotopic (exact) mass is 403 g/mol. The largest absolute Gasteiger partial charge is 0.453 e. The zero-order chi connectivity index (χ0) is 20.4. The molecule has 2 aromatic heterocycles. The molecule has 2 aromatic carbocycles. The van der Waals surface area contributed by atoms with Gasteiger partial charge in [-0.15, -0.1) is 11.3 Å². The summed E-state index contributed by atoms with van der Waals surface area (Å²) in [7, 11) is 0. The van der Waals surface area contributed by atoms with Crippen molar-refractivity contribution in [3.63, 3.8) is 0 Å². The molecule has 144 valence electrons. The zero-order valence-corrected chi connectivity index (χ0v) is 16.4. The summed E-state index contributed by atoms with van der Waals surface area (Å²) in [5, 5.41) is 0.780. The van der Waals surface area contributed by atoms with E-state index < -0.39 is 5.97 Å². The number of nitrogens with one attached hydrogen (secondary N) is 1. The Labute approximate surface area is 170 Å². The fourth-order valence-corrected chi connectivity index (χ4v) is 3.96. The summed E-state index contributed by atoms with van der Waals surface area (Å²) in [5.41, 5.74) is 2.91. The van der Waals surface area contributed by atoms with Crippen LogP contribution in [0.1, 0.15) is 36.6 Å². The third-order valence-corrected chi connectivity index (χ3v) is 5.70. The number of aromatic nitrogens is 1. The highest BCUT2D eigenvalue weighted by atomic mass is 32.1. The quantitative estimate of drug-likeness (QED) is 0.357. The zero-order valence-electron chi connectivity index (χ0n) is 15.6. The number of para-hydroxylation sites is 1. The number of hydrogen-bond donors (Lipinski definition) is 1. The maximum absolute atomic E-state index is 13.0. The maximum Gasteiger partial charge on any atom is 0.348 e. The number of hydrogen-bond acceptors (Lipinski definition) is 5. The minimum atomic E-state index is -0.614. The number of Topliss-reactive ketones (excluding diaryl/α,β-unsaturated/α-hetero) is 2. The molecule has 4 aromatic rings. The van der Waals surface area contributed by atoms with Crippen LogP contribution in [-0.2, 0) is 4.74 Å². The Morgan fingerprint density at radius 2 is 1.59 bits per heavy atom. The summed E-state index contributed by atoms with van der Waals surface area (Å²) in [6, 6.07) is 20.2. The minimum Gasteiger partial charge on any atom is -0.453 e. The molecular weight excluding hydrogens is 386 g/mol. The summed E-state index contributed by atoms with van der Waals surface area (Å²) in [6.45, 7) is 1.06. The number of carbonyl (C=O) groups excluding carboxylic acids is 3. The molecule has 0 aliphatic rings. The molecule has 5 nitrogen and oxygen atoms in total. The molecule has 1 N–H and O–H groups in total. The predicted octanol–water partition coefficient (Wildman–Crippen LogP) is 5.14. The lowest BCUT2D eigenvalue weighted by Gasteiger charge is -2.06. The third-order valence-electron chi connectivity index (χ3n) is 4.54. The van der Waals surface area contributed by atoms with E-state index in [9.17, 15) is 14.4 Å². The second-order valence-corrected chi connectivity index (χ2v) is 7.59. The van der Waals surface area contributed by atoms with E-state index in [0.717, 1.165) is 27.8 Å². The molecule has 0 saturated heterocycles. The molecule has 0 unspecified atom stereocenters. The van der Waals surface area contributed by atoms with Gasteiger partial charge in [0.05, 0.1) is 16.1 Å². The summed E-state index contributed by atoms with van der Waals surface area (Å²) in [4.78, 5) is 40.8. The number of esters is 1. The average molecular weight is 403 g/mol. The van der Waals surface area contributed by atoms with Gasteiger partial charge in [0.25, 0.3) is 0 Å². The van der Waals surface area contributed by atoms with Gasteiger partial charge in [-0.1, -0.05) is 48.5 Å². The van der Waals surface area contributed by atoms with Crippen molar-refractivity contribution in [3.05, 3.63) is 82.0 Å². The van der Waals surface area contributed by atoms with Crippen molar-refractivity contribution in [3.8, 4) is 11.3 Å². The molecule has 0 fully saturated rings. The Morgan fingerprint density at radius 1 is 0.897 bits per heavy atom. The first kappa shape index (κ1) is 18.8. The standard InChI is InChI=1S/C23H17NO4S/c1-14(25)19-11-12-20(29-19)23(27)28-13-18(26)21-16-9-5-6-10-17(16)24-22(21)15-7-3-2-4-8-15/h2-12,24H,13H2,1H3. The molecule has 0 radical (unpaired) electrons. The van der Waals surface area contributed by atoms with E-state index in [1.165, 1.54) is 13.0 Å². The number of fused-ring (bicyclic) bond motifs is 1. The van der Waals surface area contributed by atoms with Crippen LogP contribution < -0.4 is 0 Å². The third kappa shape index (κ3) is 3.75. The maximum atomic E-state index is 13.0. The fraction of sp³-hybridized carbons (Fsp3) is 0.0870.